The smallest absolute Gasteiger partial charge is 0.406 e. The van der Waals surface area contributed by atoms with Gasteiger partial charge in [-0.1, -0.05) is 12.1 Å². The van der Waals surface area contributed by atoms with E-state index in [1.54, 1.807) is 12.1 Å². The Morgan fingerprint density at radius 2 is 2.07 bits per heavy atom. The molecular weight excluding hydrogens is 361 g/mol. The topological polar surface area (TPSA) is 68.3 Å². The first-order valence-corrected chi connectivity index (χ1v) is 8.77. The Kier molecular flexibility index (Phi) is 6.00. The molecule has 0 aliphatic carbocycles. The minimum atomic E-state index is -4.74. The summed E-state index contributed by atoms with van der Waals surface area (Å²) >= 11 is 0. The zero-order valence-corrected chi connectivity index (χ0v) is 14.8. The molecule has 2 heterocycles. The third-order valence-corrected chi connectivity index (χ3v) is 3.96. The van der Waals surface area contributed by atoms with Gasteiger partial charge in [0.25, 0.3) is 0 Å². The van der Waals surface area contributed by atoms with E-state index in [9.17, 15) is 13.2 Å². The number of anilines is 2. The first kappa shape index (κ1) is 19.2. The van der Waals surface area contributed by atoms with Crippen molar-refractivity contribution in [3.63, 3.8) is 0 Å². The lowest BCUT2D eigenvalue weighted by Crippen LogP contribution is -2.19. The van der Waals surface area contributed by atoms with Crippen molar-refractivity contribution in [2.45, 2.75) is 32.2 Å². The van der Waals surface area contributed by atoms with Crippen LogP contribution in [0.5, 0.6) is 5.75 Å². The fourth-order valence-electron chi connectivity index (χ4n) is 2.80. The van der Waals surface area contributed by atoms with Crippen LogP contribution in [-0.4, -0.2) is 42.1 Å². The van der Waals surface area contributed by atoms with Crippen molar-refractivity contribution in [3.05, 3.63) is 30.3 Å². The van der Waals surface area contributed by atoms with Crippen molar-refractivity contribution < 1.29 is 22.6 Å². The molecule has 1 aliphatic rings. The summed E-state index contributed by atoms with van der Waals surface area (Å²) in [6, 6.07) is 7.41. The van der Waals surface area contributed by atoms with Gasteiger partial charge in [0.2, 0.25) is 5.95 Å². The van der Waals surface area contributed by atoms with E-state index >= 15 is 0 Å². The summed E-state index contributed by atoms with van der Waals surface area (Å²) in [5, 5.41) is 6.26. The number of rotatable bonds is 7. The van der Waals surface area contributed by atoms with Crippen LogP contribution in [0.3, 0.4) is 0 Å². The molecule has 1 atom stereocenters. The maximum Gasteiger partial charge on any atom is 0.573 e. The largest absolute Gasteiger partial charge is 0.573 e. The van der Waals surface area contributed by atoms with Crippen molar-refractivity contribution in [1.82, 2.24) is 9.97 Å². The predicted molar refractivity (Wildman–Crippen MR) is 95.8 cm³/mol. The van der Waals surface area contributed by atoms with E-state index in [-0.39, 0.29) is 11.9 Å². The van der Waals surface area contributed by atoms with Crippen molar-refractivity contribution >= 4 is 11.8 Å². The van der Waals surface area contributed by atoms with Gasteiger partial charge in [0.1, 0.15) is 11.6 Å². The Labute approximate surface area is 155 Å². The summed E-state index contributed by atoms with van der Waals surface area (Å²) in [5.41, 5.74) is 0.988. The molecule has 0 radical (unpaired) electrons. The number of aromatic nitrogens is 2. The molecule has 3 rings (SSSR count). The number of hydrogen-bond acceptors (Lipinski definition) is 6. The Morgan fingerprint density at radius 1 is 1.22 bits per heavy atom. The first-order valence-electron chi connectivity index (χ1n) is 8.77. The van der Waals surface area contributed by atoms with Crippen LogP contribution in [-0.2, 0) is 4.74 Å². The standard InChI is InChI=1S/C18H21F3N4O2/c1-2-22-17-24-15(10-16(25-17)23-11-14-7-4-8-26-14)12-5-3-6-13(9-12)27-18(19,20)21/h3,5-6,9-10,14H,2,4,7-8,11H2,1H3,(H2,22,23,24,25)/t14-/m0/s1. The second-order valence-corrected chi connectivity index (χ2v) is 6.08. The molecular formula is C18H21F3N4O2. The highest BCUT2D eigenvalue weighted by Gasteiger charge is 2.31. The van der Waals surface area contributed by atoms with E-state index in [4.69, 9.17) is 4.74 Å². The third kappa shape index (κ3) is 5.72. The Hall–Kier alpha value is -2.55. The van der Waals surface area contributed by atoms with Gasteiger partial charge < -0.3 is 20.1 Å². The molecule has 27 heavy (non-hydrogen) atoms. The van der Waals surface area contributed by atoms with Crippen LogP contribution in [0.4, 0.5) is 24.9 Å². The average molecular weight is 382 g/mol. The van der Waals surface area contributed by atoms with Crippen LogP contribution in [0.15, 0.2) is 30.3 Å². The van der Waals surface area contributed by atoms with E-state index in [2.05, 4.69) is 25.3 Å². The summed E-state index contributed by atoms with van der Waals surface area (Å²) < 4.78 is 47.0. The summed E-state index contributed by atoms with van der Waals surface area (Å²) in [5.74, 6) is 0.679. The SMILES string of the molecule is CCNc1nc(NC[C@@H]2CCCO2)cc(-c2cccc(OC(F)(F)F)c2)n1. The van der Waals surface area contributed by atoms with E-state index in [0.717, 1.165) is 19.4 Å². The molecule has 6 nitrogen and oxygen atoms in total. The lowest BCUT2D eigenvalue weighted by molar-refractivity contribution is -0.274. The Morgan fingerprint density at radius 3 is 2.78 bits per heavy atom. The molecule has 146 valence electrons. The van der Waals surface area contributed by atoms with Crippen molar-refractivity contribution in [3.8, 4) is 17.0 Å². The molecule has 1 saturated heterocycles. The maximum absolute atomic E-state index is 12.5. The van der Waals surface area contributed by atoms with Gasteiger partial charge in [-0.2, -0.15) is 4.98 Å². The summed E-state index contributed by atoms with van der Waals surface area (Å²) in [4.78, 5) is 8.77. The predicted octanol–water partition coefficient (Wildman–Crippen LogP) is 4.06. The van der Waals surface area contributed by atoms with Gasteiger partial charge in [0, 0.05) is 31.3 Å². The normalized spacial score (nSPS) is 17.0. The highest BCUT2D eigenvalue weighted by atomic mass is 19.4. The third-order valence-electron chi connectivity index (χ3n) is 3.96. The molecule has 1 aromatic heterocycles. The number of ether oxygens (including phenoxy) is 2. The second-order valence-electron chi connectivity index (χ2n) is 6.08. The zero-order valence-electron chi connectivity index (χ0n) is 14.8. The molecule has 2 N–H and O–H groups in total. The second kappa shape index (κ2) is 8.43. The van der Waals surface area contributed by atoms with Gasteiger partial charge in [-0.3, -0.25) is 0 Å². The molecule has 0 bridgehead atoms. The van der Waals surface area contributed by atoms with Crippen molar-refractivity contribution in [2.75, 3.05) is 30.3 Å². The van der Waals surface area contributed by atoms with Crippen LogP contribution >= 0.6 is 0 Å². The molecule has 9 heteroatoms. The van der Waals surface area contributed by atoms with E-state index in [1.807, 2.05) is 6.92 Å². The number of halogens is 3. The number of nitrogens with zero attached hydrogens (tertiary/aromatic N) is 2. The Bertz CT molecular complexity index is 765. The minimum Gasteiger partial charge on any atom is -0.406 e. The van der Waals surface area contributed by atoms with Crippen LogP contribution in [0, 0.1) is 0 Å². The van der Waals surface area contributed by atoms with Crippen molar-refractivity contribution in [1.29, 1.82) is 0 Å². The molecule has 0 amide bonds. The molecule has 0 unspecified atom stereocenters. The number of benzene rings is 1. The van der Waals surface area contributed by atoms with Crippen LogP contribution in [0.25, 0.3) is 11.3 Å². The molecule has 0 saturated carbocycles. The van der Waals surface area contributed by atoms with Gasteiger partial charge in [-0.05, 0) is 31.9 Å². The molecule has 1 aliphatic heterocycles. The number of alkyl halides is 3. The average Bonchev–Trinajstić information content (AvgIpc) is 3.12. The number of hydrogen-bond donors (Lipinski definition) is 2. The van der Waals surface area contributed by atoms with Gasteiger partial charge in [0.15, 0.2) is 0 Å². The lowest BCUT2D eigenvalue weighted by Gasteiger charge is -2.14. The number of nitrogens with one attached hydrogen (secondary N) is 2. The van der Waals surface area contributed by atoms with Gasteiger partial charge in [0.05, 0.1) is 11.8 Å². The molecule has 0 spiro atoms. The van der Waals surface area contributed by atoms with E-state index < -0.39 is 6.36 Å². The van der Waals surface area contributed by atoms with Gasteiger partial charge in [-0.15, -0.1) is 13.2 Å². The fraction of sp³-hybridized carbons (Fsp3) is 0.444. The summed E-state index contributed by atoms with van der Waals surface area (Å²) in [6.45, 7) is 3.90. The fourth-order valence-corrected chi connectivity index (χ4v) is 2.80. The first-order chi connectivity index (χ1) is 12.9. The zero-order chi connectivity index (χ0) is 19.3. The van der Waals surface area contributed by atoms with Crippen molar-refractivity contribution in [2.24, 2.45) is 0 Å². The van der Waals surface area contributed by atoms with Crippen LogP contribution in [0.2, 0.25) is 0 Å². The van der Waals surface area contributed by atoms with Crippen LogP contribution < -0.4 is 15.4 Å². The highest BCUT2D eigenvalue weighted by Crippen LogP contribution is 2.28. The lowest BCUT2D eigenvalue weighted by atomic mass is 10.1. The quantitative estimate of drug-likeness (QED) is 0.753. The monoisotopic (exact) mass is 382 g/mol. The minimum absolute atomic E-state index is 0.134. The van der Waals surface area contributed by atoms with E-state index in [0.29, 0.717) is 36.1 Å². The molecule has 2 aromatic rings. The van der Waals surface area contributed by atoms with Gasteiger partial charge in [-0.25, -0.2) is 4.98 Å². The summed E-state index contributed by atoms with van der Waals surface area (Å²) in [6.07, 6.45) is -2.58. The maximum atomic E-state index is 12.5. The Balaban J connectivity index is 1.83. The highest BCUT2D eigenvalue weighted by molar-refractivity contribution is 5.65. The molecule has 1 aromatic carbocycles. The van der Waals surface area contributed by atoms with E-state index in [1.165, 1.54) is 18.2 Å². The van der Waals surface area contributed by atoms with Crippen LogP contribution in [0.1, 0.15) is 19.8 Å². The van der Waals surface area contributed by atoms with Gasteiger partial charge >= 0.3 is 6.36 Å². The summed E-state index contributed by atoms with van der Waals surface area (Å²) in [7, 11) is 0. The molecule has 1 fully saturated rings.